The Bertz CT molecular complexity index is 258. The smallest absolute Gasteiger partial charge is 0.169 e. The Labute approximate surface area is 162 Å². The van der Waals surface area contributed by atoms with Gasteiger partial charge in [-0.2, -0.15) is 0 Å². The van der Waals surface area contributed by atoms with Gasteiger partial charge in [0, 0.05) is 19.8 Å². The standard InChI is InChI=1S/C19H42NO5P/c1-3-26(22-2)25-19-15-11-8-12-16-20-23-17-13-9-6-4-5-7-10-14-18-24-21/h20-21H,3-19H2,1-2H3. The third-order valence-corrected chi connectivity index (χ3v) is 5.60. The first-order valence-corrected chi connectivity index (χ1v) is 11.8. The summed E-state index contributed by atoms with van der Waals surface area (Å²) in [6, 6.07) is 0. The Morgan fingerprint density at radius 3 is 1.85 bits per heavy atom. The third kappa shape index (κ3) is 20.5. The molecule has 0 aromatic heterocycles. The van der Waals surface area contributed by atoms with Gasteiger partial charge in [0.15, 0.2) is 8.38 Å². The molecule has 0 spiro atoms. The molecule has 0 fully saturated rings. The van der Waals surface area contributed by atoms with E-state index in [1.807, 2.05) is 0 Å². The molecule has 26 heavy (non-hydrogen) atoms. The van der Waals surface area contributed by atoms with Crippen LogP contribution >= 0.6 is 8.38 Å². The quantitative estimate of drug-likeness (QED) is 0.106. The molecule has 7 heteroatoms. The first kappa shape index (κ1) is 26.2. The van der Waals surface area contributed by atoms with Gasteiger partial charge in [0.2, 0.25) is 0 Å². The summed E-state index contributed by atoms with van der Waals surface area (Å²) in [5.74, 6) is 0. The molecule has 0 saturated carbocycles. The number of hydrogen-bond acceptors (Lipinski definition) is 6. The van der Waals surface area contributed by atoms with Gasteiger partial charge in [-0.25, -0.2) is 10.4 Å². The summed E-state index contributed by atoms with van der Waals surface area (Å²) in [4.78, 5) is 9.53. The van der Waals surface area contributed by atoms with Crippen molar-refractivity contribution in [3.8, 4) is 0 Å². The van der Waals surface area contributed by atoms with Crippen LogP contribution in [0.25, 0.3) is 0 Å². The Morgan fingerprint density at radius 2 is 1.27 bits per heavy atom. The monoisotopic (exact) mass is 395 g/mol. The van der Waals surface area contributed by atoms with Gasteiger partial charge in [-0.15, -0.1) is 0 Å². The molecule has 1 atom stereocenters. The van der Waals surface area contributed by atoms with Crippen molar-refractivity contribution in [2.24, 2.45) is 0 Å². The topological polar surface area (TPSA) is 69.2 Å². The maximum atomic E-state index is 8.21. The second-order valence-electron chi connectivity index (χ2n) is 6.48. The van der Waals surface area contributed by atoms with E-state index in [0.29, 0.717) is 6.61 Å². The molecule has 158 valence electrons. The molecule has 2 N–H and O–H groups in total. The minimum Gasteiger partial charge on any atom is -0.337 e. The predicted octanol–water partition coefficient (Wildman–Crippen LogP) is 5.67. The first-order chi connectivity index (χ1) is 12.8. The maximum absolute atomic E-state index is 8.21. The van der Waals surface area contributed by atoms with E-state index in [0.717, 1.165) is 58.0 Å². The summed E-state index contributed by atoms with van der Waals surface area (Å²) in [5, 5.41) is 8.21. The van der Waals surface area contributed by atoms with Crippen LogP contribution < -0.4 is 5.48 Å². The van der Waals surface area contributed by atoms with Crippen LogP contribution in [0.15, 0.2) is 0 Å². The van der Waals surface area contributed by atoms with Crippen LogP contribution in [0.1, 0.15) is 84.0 Å². The van der Waals surface area contributed by atoms with E-state index < -0.39 is 8.38 Å². The largest absolute Gasteiger partial charge is 0.337 e. The van der Waals surface area contributed by atoms with Crippen molar-refractivity contribution in [2.45, 2.75) is 84.0 Å². The van der Waals surface area contributed by atoms with Crippen LogP contribution in [-0.2, 0) is 18.8 Å². The van der Waals surface area contributed by atoms with E-state index in [9.17, 15) is 0 Å². The van der Waals surface area contributed by atoms with Gasteiger partial charge in [0.25, 0.3) is 0 Å². The highest BCUT2D eigenvalue weighted by Crippen LogP contribution is 2.36. The van der Waals surface area contributed by atoms with Crippen LogP contribution in [0, 0.1) is 0 Å². The minimum atomic E-state index is -0.647. The molecule has 1 unspecified atom stereocenters. The van der Waals surface area contributed by atoms with E-state index in [1.54, 1.807) is 7.11 Å². The van der Waals surface area contributed by atoms with Gasteiger partial charge < -0.3 is 13.9 Å². The van der Waals surface area contributed by atoms with Gasteiger partial charge in [-0.05, 0) is 25.7 Å². The zero-order chi connectivity index (χ0) is 19.1. The molecule has 0 aliphatic carbocycles. The van der Waals surface area contributed by atoms with E-state index in [-0.39, 0.29) is 0 Å². The van der Waals surface area contributed by atoms with Crippen molar-refractivity contribution >= 4 is 8.38 Å². The summed E-state index contributed by atoms with van der Waals surface area (Å²) in [6.07, 6.45) is 15.2. The van der Waals surface area contributed by atoms with Gasteiger partial charge in [0.05, 0.1) is 19.8 Å². The summed E-state index contributed by atoms with van der Waals surface area (Å²) < 4.78 is 10.9. The number of hydrogen-bond donors (Lipinski definition) is 2. The zero-order valence-electron chi connectivity index (χ0n) is 17.0. The lowest BCUT2D eigenvalue weighted by molar-refractivity contribution is -0.242. The van der Waals surface area contributed by atoms with Crippen LogP contribution in [0.2, 0.25) is 0 Å². The Balaban J connectivity index is 3.03. The third-order valence-electron chi connectivity index (χ3n) is 4.20. The highest BCUT2D eigenvalue weighted by atomic mass is 31.2. The fourth-order valence-corrected chi connectivity index (χ4v) is 3.52. The summed E-state index contributed by atoms with van der Waals surface area (Å²) in [7, 11) is 1.08. The average Bonchev–Trinajstić information content (AvgIpc) is 2.66. The zero-order valence-corrected chi connectivity index (χ0v) is 17.9. The average molecular weight is 396 g/mol. The summed E-state index contributed by atoms with van der Waals surface area (Å²) in [5.41, 5.74) is 3.06. The van der Waals surface area contributed by atoms with Gasteiger partial charge >= 0.3 is 0 Å². The Kier molecular flexibility index (Phi) is 23.4. The molecule has 0 amide bonds. The van der Waals surface area contributed by atoms with Crippen molar-refractivity contribution in [1.82, 2.24) is 5.48 Å². The fraction of sp³-hybridized carbons (Fsp3) is 1.00. The van der Waals surface area contributed by atoms with Gasteiger partial charge in [0.1, 0.15) is 0 Å². The molecule has 0 saturated heterocycles. The summed E-state index contributed by atoms with van der Waals surface area (Å²) in [6.45, 7) is 5.11. The molecule has 0 radical (unpaired) electrons. The van der Waals surface area contributed by atoms with Crippen LogP contribution in [-0.4, -0.2) is 44.9 Å². The molecule has 0 aromatic rings. The maximum Gasteiger partial charge on any atom is 0.169 e. The number of nitrogens with one attached hydrogen (secondary N) is 1. The van der Waals surface area contributed by atoms with Crippen LogP contribution in [0.5, 0.6) is 0 Å². The van der Waals surface area contributed by atoms with Gasteiger partial charge in [-0.1, -0.05) is 58.3 Å². The molecule has 0 aliphatic rings. The van der Waals surface area contributed by atoms with Crippen molar-refractivity contribution in [3.05, 3.63) is 0 Å². The highest BCUT2D eigenvalue weighted by molar-refractivity contribution is 7.47. The molecular formula is C19H42NO5P. The fourth-order valence-electron chi connectivity index (χ4n) is 2.64. The number of rotatable bonds is 22. The SMILES string of the molecule is CCP(OC)OCCCCCCNOCCCCCCCCCCOO. The first-order valence-electron chi connectivity index (χ1n) is 10.4. The molecule has 6 nitrogen and oxygen atoms in total. The predicted molar refractivity (Wildman–Crippen MR) is 108 cm³/mol. The summed E-state index contributed by atoms with van der Waals surface area (Å²) >= 11 is 0. The molecule has 0 heterocycles. The van der Waals surface area contributed by atoms with E-state index in [2.05, 4.69) is 17.3 Å². The molecule has 0 aliphatic heterocycles. The van der Waals surface area contributed by atoms with Crippen LogP contribution in [0.4, 0.5) is 0 Å². The van der Waals surface area contributed by atoms with Crippen molar-refractivity contribution in [2.75, 3.05) is 39.6 Å². The van der Waals surface area contributed by atoms with E-state index >= 15 is 0 Å². The number of hydroxylamine groups is 1. The Morgan fingerprint density at radius 1 is 0.731 bits per heavy atom. The molecule has 0 rings (SSSR count). The lowest BCUT2D eigenvalue weighted by atomic mass is 10.1. The lowest BCUT2D eigenvalue weighted by Gasteiger charge is -2.12. The van der Waals surface area contributed by atoms with E-state index in [1.165, 1.54) is 44.9 Å². The molecular weight excluding hydrogens is 353 g/mol. The van der Waals surface area contributed by atoms with Crippen LogP contribution in [0.3, 0.4) is 0 Å². The van der Waals surface area contributed by atoms with E-state index in [4.69, 9.17) is 19.1 Å². The lowest BCUT2D eigenvalue weighted by Crippen LogP contribution is -2.16. The number of unbranched alkanes of at least 4 members (excludes halogenated alkanes) is 10. The van der Waals surface area contributed by atoms with Gasteiger partial charge in [-0.3, -0.25) is 5.26 Å². The van der Waals surface area contributed by atoms with Crippen molar-refractivity contribution < 1.29 is 24.0 Å². The highest BCUT2D eigenvalue weighted by Gasteiger charge is 2.03. The molecule has 0 aromatic carbocycles. The van der Waals surface area contributed by atoms with Crippen molar-refractivity contribution in [1.29, 1.82) is 0 Å². The molecule has 0 bridgehead atoms. The Hall–Kier alpha value is 0.190. The second-order valence-corrected chi connectivity index (χ2v) is 8.40. The van der Waals surface area contributed by atoms with Crippen molar-refractivity contribution in [3.63, 3.8) is 0 Å². The minimum absolute atomic E-state index is 0.465. The normalized spacial score (nSPS) is 12.6. The second kappa shape index (κ2) is 23.2.